The van der Waals surface area contributed by atoms with Crippen LogP contribution in [-0.2, 0) is 13.1 Å². The van der Waals surface area contributed by atoms with Gasteiger partial charge in [0.2, 0.25) is 0 Å². The van der Waals surface area contributed by atoms with Crippen LogP contribution in [0, 0.1) is 10.1 Å². The van der Waals surface area contributed by atoms with Crippen molar-refractivity contribution < 1.29 is 10.0 Å². The molecular formula is C14H13BrN2O3. The molecular weight excluding hydrogens is 324 g/mol. The third-order valence-corrected chi connectivity index (χ3v) is 3.61. The monoisotopic (exact) mass is 336 g/mol. The number of phenols is 1. The van der Waals surface area contributed by atoms with Crippen molar-refractivity contribution in [2.24, 2.45) is 0 Å². The zero-order chi connectivity index (χ0) is 14.5. The smallest absolute Gasteiger partial charge is 0.270 e. The average Bonchev–Trinajstić information content (AvgIpc) is 2.42. The average molecular weight is 337 g/mol. The molecule has 2 rings (SSSR count). The first kappa shape index (κ1) is 14.5. The molecule has 6 heteroatoms. The predicted molar refractivity (Wildman–Crippen MR) is 79.4 cm³/mol. The van der Waals surface area contributed by atoms with Gasteiger partial charge in [-0.2, -0.15) is 0 Å². The molecule has 5 nitrogen and oxygen atoms in total. The van der Waals surface area contributed by atoms with Crippen LogP contribution in [0.2, 0.25) is 0 Å². The highest BCUT2D eigenvalue weighted by Gasteiger charge is 2.09. The number of para-hydroxylation sites is 1. The summed E-state index contributed by atoms with van der Waals surface area (Å²) in [5.41, 5.74) is 1.79. The molecule has 0 heterocycles. The number of hydrogen-bond donors (Lipinski definition) is 2. The van der Waals surface area contributed by atoms with Crippen LogP contribution >= 0.6 is 15.9 Å². The van der Waals surface area contributed by atoms with Crippen molar-refractivity contribution in [2.75, 3.05) is 0 Å². The number of nitrogens with zero attached hydrogens (tertiary/aromatic N) is 1. The van der Waals surface area contributed by atoms with Crippen molar-refractivity contribution in [1.82, 2.24) is 5.32 Å². The number of nitro benzene ring substituents is 1. The van der Waals surface area contributed by atoms with Gasteiger partial charge in [0.1, 0.15) is 5.75 Å². The maximum atomic E-state index is 10.6. The van der Waals surface area contributed by atoms with Gasteiger partial charge in [0.25, 0.3) is 5.69 Å². The van der Waals surface area contributed by atoms with E-state index in [1.807, 2.05) is 12.1 Å². The molecule has 0 spiro atoms. The van der Waals surface area contributed by atoms with Crippen LogP contribution in [0.3, 0.4) is 0 Å². The molecule has 2 N–H and O–H groups in total. The Labute approximate surface area is 124 Å². The third-order valence-electron chi connectivity index (χ3n) is 2.87. The fourth-order valence-corrected chi connectivity index (χ4v) is 2.29. The number of hydrogen-bond acceptors (Lipinski definition) is 4. The first-order valence-corrected chi connectivity index (χ1v) is 6.77. The van der Waals surface area contributed by atoms with Crippen LogP contribution < -0.4 is 5.32 Å². The Kier molecular flexibility index (Phi) is 4.70. The molecule has 0 aliphatic carbocycles. The van der Waals surface area contributed by atoms with E-state index >= 15 is 0 Å². The van der Waals surface area contributed by atoms with Crippen molar-refractivity contribution in [3.63, 3.8) is 0 Å². The highest BCUT2D eigenvalue weighted by molar-refractivity contribution is 9.10. The van der Waals surface area contributed by atoms with E-state index in [1.54, 1.807) is 18.2 Å². The van der Waals surface area contributed by atoms with E-state index in [1.165, 1.54) is 12.1 Å². The lowest BCUT2D eigenvalue weighted by atomic mass is 10.2. The van der Waals surface area contributed by atoms with Crippen LogP contribution in [-0.4, -0.2) is 10.0 Å². The summed E-state index contributed by atoms with van der Waals surface area (Å²) in [4.78, 5) is 10.2. The lowest BCUT2D eigenvalue weighted by Gasteiger charge is -2.08. The van der Waals surface area contributed by atoms with Crippen molar-refractivity contribution >= 4 is 21.6 Å². The lowest BCUT2D eigenvalue weighted by Crippen LogP contribution is -2.13. The molecule has 0 aromatic heterocycles. The van der Waals surface area contributed by atoms with Crippen molar-refractivity contribution in [2.45, 2.75) is 13.1 Å². The Balaban J connectivity index is 1.98. The van der Waals surface area contributed by atoms with E-state index in [2.05, 4.69) is 21.2 Å². The summed E-state index contributed by atoms with van der Waals surface area (Å²) in [6, 6.07) is 11.8. The molecule has 0 amide bonds. The normalized spacial score (nSPS) is 10.4. The second kappa shape index (κ2) is 6.49. The van der Waals surface area contributed by atoms with Gasteiger partial charge in [-0.05, 0) is 17.7 Å². The number of benzene rings is 2. The molecule has 104 valence electrons. The van der Waals surface area contributed by atoms with Crippen molar-refractivity contribution in [3.05, 3.63) is 68.2 Å². The Bertz CT molecular complexity index is 632. The number of rotatable bonds is 5. The summed E-state index contributed by atoms with van der Waals surface area (Å²) in [6.45, 7) is 1.07. The van der Waals surface area contributed by atoms with Gasteiger partial charge in [-0.25, -0.2) is 0 Å². The van der Waals surface area contributed by atoms with Crippen LogP contribution in [0.1, 0.15) is 11.1 Å². The molecule has 0 saturated carbocycles. The maximum Gasteiger partial charge on any atom is 0.270 e. The molecule has 0 bridgehead atoms. The number of nitrogens with one attached hydrogen (secondary N) is 1. The Morgan fingerprint density at radius 2 is 1.85 bits per heavy atom. The molecule has 0 aliphatic heterocycles. The molecule has 2 aromatic rings. The Morgan fingerprint density at radius 3 is 2.50 bits per heavy atom. The van der Waals surface area contributed by atoms with Gasteiger partial charge in [0, 0.05) is 35.3 Å². The second-order valence-electron chi connectivity index (χ2n) is 4.27. The zero-order valence-corrected chi connectivity index (χ0v) is 12.1. The number of nitro groups is 1. The SMILES string of the molecule is O=[N+]([O-])c1ccc(CNCc2ccccc2O)c(Br)c1. The summed E-state index contributed by atoms with van der Waals surface area (Å²) in [5, 5.41) is 23.5. The van der Waals surface area contributed by atoms with Gasteiger partial charge < -0.3 is 10.4 Å². The van der Waals surface area contributed by atoms with Crippen molar-refractivity contribution in [1.29, 1.82) is 0 Å². The van der Waals surface area contributed by atoms with Crippen LogP contribution in [0.15, 0.2) is 46.9 Å². The number of phenolic OH excluding ortho intramolecular Hbond substituents is 1. The predicted octanol–water partition coefficient (Wildman–Crippen LogP) is 3.35. The van der Waals surface area contributed by atoms with Gasteiger partial charge in [-0.1, -0.05) is 34.1 Å². The minimum Gasteiger partial charge on any atom is -0.508 e. The molecule has 2 aromatic carbocycles. The first-order chi connectivity index (χ1) is 9.58. The van der Waals surface area contributed by atoms with Crippen LogP contribution in [0.5, 0.6) is 5.75 Å². The van der Waals surface area contributed by atoms with E-state index in [0.29, 0.717) is 17.6 Å². The molecule has 0 fully saturated rings. The fourth-order valence-electron chi connectivity index (χ4n) is 1.79. The number of halogens is 1. The highest BCUT2D eigenvalue weighted by Crippen LogP contribution is 2.23. The summed E-state index contributed by atoms with van der Waals surface area (Å²) in [7, 11) is 0. The molecule has 0 unspecified atom stereocenters. The summed E-state index contributed by atoms with van der Waals surface area (Å²) in [5.74, 6) is 0.253. The topological polar surface area (TPSA) is 75.4 Å². The Hall–Kier alpha value is -1.92. The van der Waals surface area contributed by atoms with E-state index in [4.69, 9.17) is 0 Å². The van der Waals surface area contributed by atoms with Gasteiger partial charge in [-0.15, -0.1) is 0 Å². The van der Waals surface area contributed by atoms with Gasteiger partial charge in [0.15, 0.2) is 0 Å². The maximum absolute atomic E-state index is 10.6. The quantitative estimate of drug-likeness (QED) is 0.648. The van der Waals surface area contributed by atoms with Gasteiger partial charge in [-0.3, -0.25) is 10.1 Å². The fraction of sp³-hybridized carbons (Fsp3) is 0.143. The first-order valence-electron chi connectivity index (χ1n) is 5.98. The zero-order valence-electron chi connectivity index (χ0n) is 10.5. The lowest BCUT2D eigenvalue weighted by molar-refractivity contribution is -0.384. The number of aromatic hydroxyl groups is 1. The largest absolute Gasteiger partial charge is 0.508 e. The van der Waals surface area contributed by atoms with Crippen molar-refractivity contribution in [3.8, 4) is 5.75 Å². The summed E-state index contributed by atoms with van der Waals surface area (Å²) < 4.78 is 0.691. The second-order valence-corrected chi connectivity index (χ2v) is 5.12. The van der Waals surface area contributed by atoms with E-state index in [0.717, 1.165) is 11.1 Å². The molecule has 0 radical (unpaired) electrons. The van der Waals surface area contributed by atoms with Crippen LogP contribution in [0.4, 0.5) is 5.69 Å². The molecule has 0 saturated heterocycles. The third kappa shape index (κ3) is 3.55. The van der Waals surface area contributed by atoms with Gasteiger partial charge in [0.05, 0.1) is 4.92 Å². The van der Waals surface area contributed by atoms with E-state index in [9.17, 15) is 15.2 Å². The van der Waals surface area contributed by atoms with Gasteiger partial charge >= 0.3 is 0 Å². The Morgan fingerprint density at radius 1 is 1.15 bits per heavy atom. The van der Waals surface area contributed by atoms with Crippen LogP contribution in [0.25, 0.3) is 0 Å². The molecule has 0 aliphatic rings. The summed E-state index contributed by atoms with van der Waals surface area (Å²) in [6.07, 6.45) is 0. The van der Waals surface area contributed by atoms with E-state index < -0.39 is 4.92 Å². The summed E-state index contributed by atoms with van der Waals surface area (Å²) >= 11 is 3.32. The minimum atomic E-state index is -0.427. The minimum absolute atomic E-state index is 0.0568. The number of non-ortho nitro benzene ring substituents is 1. The van der Waals surface area contributed by atoms with E-state index in [-0.39, 0.29) is 11.4 Å². The molecule has 20 heavy (non-hydrogen) atoms. The standard InChI is InChI=1S/C14H13BrN2O3/c15-13-7-12(17(19)20)6-5-10(13)8-16-9-11-3-1-2-4-14(11)18/h1-7,16,18H,8-9H2. The molecule has 0 atom stereocenters. The highest BCUT2D eigenvalue weighted by atomic mass is 79.9.